The molecule has 5 nitrogen and oxygen atoms in total. The molecule has 0 aromatic carbocycles. The lowest BCUT2D eigenvalue weighted by molar-refractivity contribution is -0.152. The maximum atomic E-state index is 12.6. The molecule has 3 heterocycles. The molecule has 1 aromatic rings. The Morgan fingerprint density at radius 3 is 2.59 bits per heavy atom. The van der Waals surface area contributed by atoms with E-state index >= 15 is 0 Å². The number of carbonyl (C=O) groups is 1. The molecule has 0 spiro atoms. The summed E-state index contributed by atoms with van der Waals surface area (Å²) in [5.41, 5.74) is 1.03. The zero-order valence-electron chi connectivity index (χ0n) is 15.4. The number of likely N-dealkylation sites (tertiary alicyclic amines) is 2. The first kappa shape index (κ1) is 20.1. The maximum absolute atomic E-state index is 12.6. The lowest BCUT2D eigenvalue weighted by Gasteiger charge is -2.35. The van der Waals surface area contributed by atoms with E-state index in [-0.39, 0.29) is 24.4 Å². The lowest BCUT2D eigenvalue weighted by Crippen LogP contribution is -2.50. The Morgan fingerprint density at radius 1 is 1.15 bits per heavy atom. The highest BCUT2D eigenvalue weighted by Crippen LogP contribution is 2.23. The van der Waals surface area contributed by atoms with E-state index in [4.69, 9.17) is 0 Å². The van der Waals surface area contributed by atoms with Crippen LogP contribution in [0.3, 0.4) is 0 Å². The first-order valence-corrected chi connectivity index (χ1v) is 9.61. The highest BCUT2D eigenvalue weighted by atomic mass is 19.4. The van der Waals surface area contributed by atoms with Gasteiger partial charge in [-0.15, -0.1) is 0 Å². The second-order valence-electron chi connectivity index (χ2n) is 7.57. The fourth-order valence-electron chi connectivity index (χ4n) is 3.94. The largest absolute Gasteiger partial charge is 0.401 e. The molecule has 2 aliphatic heterocycles. The number of nitrogens with zero attached hydrogens (tertiary/aromatic N) is 3. The van der Waals surface area contributed by atoms with Crippen LogP contribution in [0.15, 0.2) is 24.4 Å². The molecule has 1 atom stereocenters. The van der Waals surface area contributed by atoms with Crippen LogP contribution < -0.4 is 5.32 Å². The summed E-state index contributed by atoms with van der Waals surface area (Å²) in [6.07, 6.45) is 0.595. The number of carbonyl (C=O) groups excluding carboxylic acids is 1. The van der Waals surface area contributed by atoms with Crippen molar-refractivity contribution in [2.75, 3.05) is 32.7 Å². The summed E-state index contributed by atoms with van der Waals surface area (Å²) in [6, 6.07) is 5.98. The van der Waals surface area contributed by atoms with Crippen LogP contribution in [0.4, 0.5) is 13.2 Å². The summed E-state index contributed by atoms with van der Waals surface area (Å²) in [5, 5.41) is 3.07. The van der Waals surface area contributed by atoms with Gasteiger partial charge < -0.3 is 5.32 Å². The normalized spacial score (nSPS) is 23.3. The number of piperidine rings is 2. The van der Waals surface area contributed by atoms with Crippen LogP contribution in [0.1, 0.15) is 31.4 Å². The van der Waals surface area contributed by atoms with E-state index in [1.807, 2.05) is 18.2 Å². The van der Waals surface area contributed by atoms with Crippen LogP contribution in [-0.4, -0.2) is 65.6 Å². The number of rotatable bonds is 5. The highest BCUT2D eigenvalue weighted by Gasteiger charge is 2.35. The molecule has 2 fully saturated rings. The highest BCUT2D eigenvalue weighted by molar-refractivity contribution is 5.79. The molecule has 8 heteroatoms. The Labute approximate surface area is 157 Å². The number of pyridine rings is 1. The van der Waals surface area contributed by atoms with Crippen LogP contribution in [0.5, 0.6) is 0 Å². The molecule has 1 amide bonds. The number of halogens is 3. The molecule has 0 bridgehead atoms. The molecule has 2 aliphatic rings. The molecule has 0 aliphatic carbocycles. The molecule has 2 saturated heterocycles. The topological polar surface area (TPSA) is 48.5 Å². The van der Waals surface area contributed by atoms with Crippen molar-refractivity contribution in [3.05, 3.63) is 30.1 Å². The Kier molecular flexibility index (Phi) is 6.70. The smallest absolute Gasteiger partial charge is 0.353 e. The van der Waals surface area contributed by atoms with Crippen molar-refractivity contribution in [3.8, 4) is 0 Å². The number of aromatic nitrogens is 1. The minimum absolute atomic E-state index is 0.0925. The molecule has 0 radical (unpaired) electrons. The van der Waals surface area contributed by atoms with Gasteiger partial charge in [0.05, 0.1) is 18.2 Å². The third-order valence-corrected chi connectivity index (χ3v) is 5.32. The maximum Gasteiger partial charge on any atom is 0.401 e. The Morgan fingerprint density at radius 2 is 1.93 bits per heavy atom. The average molecular weight is 384 g/mol. The number of alkyl halides is 3. The van der Waals surface area contributed by atoms with Crippen molar-refractivity contribution in [2.45, 2.75) is 44.4 Å². The van der Waals surface area contributed by atoms with E-state index in [2.05, 4.69) is 15.2 Å². The van der Waals surface area contributed by atoms with Gasteiger partial charge in [-0.3, -0.25) is 19.6 Å². The summed E-state index contributed by atoms with van der Waals surface area (Å²) in [4.78, 5) is 20.5. The molecule has 3 rings (SSSR count). The van der Waals surface area contributed by atoms with Crippen LogP contribution in [0.2, 0.25) is 0 Å². The predicted molar refractivity (Wildman–Crippen MR) is 95.9 cm³/mol. The van der Waals surface area contributed by atoms with E-state index in [0.29, 0.717) is 19.4 Å². The van der Waals surface area contributed by atoms with E-state index in [1.165, 1.54) is 4.90 Å². The molecular weight excluding hydrogens is 357 g/mol. The van der Waals surface area contributed by atoms with Gasteiger partial charge in [0.2, 0.25) is 5.91 Å². The molecule has 27 heavy (non-hydrogen) atoms. The third-order valence-electron chi connectivity index (χ3n) is 5.32. The standard InChI is InChI=1S/C19H27F3N4O/c20-19(21,22)14-26-9-3-4-15(12-26)18(27)24-16-6-10-25(11-7-16)13-17-5-1-2-8-23-17/h1-2,5,8,15-16H,3-4,6-7,9-14H2,(H,24,27). The first-order chi connectivity index (χ1) is 12.9. The van der Waals surface area contributed by atoms with Crippen LogP contribution >= 0.6 is 0 Å². The van der Waals surface area contributed by atoms with Crippen molar-refractivity contribution >= 4 is 5.91 Å². The number of hydrogen-bond acceptors (Lipinski definition) is 4. The van der Waals surface area contributed by atoms with Crippen molar-refractivity contribution < 1.29 is 18.0 Å². The summed E-state index contributed by atoms with van der Waals surface area (Å²) in [5.74, 6) is -0.433. The molecule has 1 aromatic heterocycles. The molecule has 150 valence electrons. The zero-order valence-corrected chi connectivity index (χ0v) is 15.4. The number of nitrogens with one attached hydrogen (secondary N) is 1. The Hall–Kier alpha value is -1.67. The molecule has 1 unspecified atom stereocenters. The first-order valence-electron chi connectivity index (χ1n) is 9.61. The molecule has 1 N–H and O–H groups in total. The fourth-order valence-corrected chi connectivity index (χ4v) is 3.94. The monoisotopic (exact) mass is 384 g/mol. The van der Waals surface area contributed by atoms with E-state index in [0.717, 1.165) is 38.2 Å². The second-order valence-corrected chi connectivity index (χ2v) is 7.57. The van der Waals surface area contributed by atoms with Gasteiger partial charge in [0, 0.05) is 38.4 Å². The van der Waals surface area contributed by atoms with Gasteiger partial charge in [-0.2, -0.15) is 13.2 Å². The predicted octanol–water partition coefficient (Wildman–Crippen LogP) is 2.44. The summed E-state index contributed by atoms with van der Waals surface area (Å²) < 4.78 is 37.7. The summed E-state index contributed by atoms with van der Waals surface area (Å²) >= 11 is 0. The SMILES string of the molecule is O=C(NC1CCN(Cc2ccccn2)CC1)C1CCCN(CC(F)(F)F)C1. The van der Waals surface area contributed by atoms with Crippen LogP contribution in [0, 0.1) is 5.92 Å². The summed E-state index contributed by atoms with van der Waals surface area (Å²) in [7, 11) is 0. The van der Waals surface area contributed by atoms with Gasteiger partial charge in [-0.1, -0.05) is 6.07 Å². The Balaban J connectivity index is 1.41. The number of amides is 1. The quantitative estimate of drug-likeness (QED) is 0.847. The van der Waals surface area contributed by atoms with Crippen molar-refractivity contribution in [3.63, 3.8) is 0 Å². The Bertz CT molecular complexity index is 603. The van der Waals surface area contributed by atoms with E-state index in [1.54, 1.807) is 6.20 Å². The van der Waals surface area contributed by atoms with Gasteiger partial charge in [-0.25, -0.2) is 0 Å². The van der Waals surface area contributed by atoms with E-state index in [9.17, 15) is 18.0 Å². The third kappa shape index (κ3) is 6.46. The van der Waals surface area contributed by atoms with Crippen molar-refractivity contribution in [2.24, 2.45) is 5.92 Å². The lowest BCUT2D eigenvalue weighted by atomic mass is 9.95. The number of hydrogen-bond donors (Lipinski definition) is 1. The van der Waals surface area contributed by atoms with Crippen molar-refractivity contribution in [1.82, 2.24) is 20.1 Å². The molecule has 0 saturated carbocycles. The van der Waals surface area contributed by atoms with Gasteiger partial charge in [-0.05, 0) is 44.4 Å². The van der Waals surface area contributed by atoms with Gasteiger partial charge in [0.15, 0.2) is 0 Å². The van der Waals surface area contributed by atoms with Crippen LogP contribution in [-0.2, 0) is 11.3 Å². The van der Waals surface area contributed by atoms with Gasteiger partial charge in [0.1, 0.15) is 0 Å². The van der Waals surface area contributed by atoms with Gasteiger partial charge >= 0.3 is 6.18 Å². The minimum atomic E-state index is -4.21. The zero-order chi connectivity index (χ0) is 19.3. The summed E-state index contributed by atoms with van der Waals surface area (Å²) in [6.45, 7) is 2.25. The van der Waals surface area contributed by atoms with E-state index < -0.39 is 12.7 Å². The van der Waals surface area contributed by atoms with Crippen molar-refractivity contribution in [1.29, 1.82) is 0 Å². The molecular formula is C19H27F3N4O. The minimum Gasteiger partial charge on any atom is -0.353 e. The fraction of sp³-hybridized carbons (Fsp3) is 0.684. The average Bonchev–Trinajstić information content (AvgIpc) is 2.63. The van der Waals surface area contributed by atoms with Crippen LogP contribution in [0.25, 0.3) is 0 Å². The van der Waals surface area contributed by atoms with Gasteiger partial charge in [0.25, 0.3) is 0 Å². The second kappa shape index (κ2) is 9.01.